The minimum Gasteiger partial charge on any atom is -0.388 e. The first kappa shape index (κ1) is 11.5. The third-order valence-corrected chi connectivity index (χ3v) is 4.68. The quantitative estimate of drug-likeness (QED) is 0.789. The average molecular weight is 245 g/mol. The van der Waals surface area contributed by atoms with Gasteiger partial charge in [-0.3, -0.25) is 0 Å². The highest BCUT2D eigenvalue weighted by molar-refractivity contribution is 7.91. The second kappa shape index (κ2) is 4.14. The van der Waals surface area contributed by atoms with Gasteiger partial charge in [0, 0.05) is 12.5 Å². The van der Waals surface area contributed by atoms with Gasteiger partial charge in [0.05, 0.1) is 11.5 Å². The van der Waals surface area contributed by atoms with Gasteiger partial charge in [0.15, 0.2) is 15.7 Å². The summed E-state index contributed by atoms with van der Waals surface area (Å²) in [6, 6.07) is 0. The molecule has 1 aromatic heterocycles. The molecular weight excluding hydrogens is 230 g/mol. The Morgan fingerprint density at radius 2 is 2.25 bits per heavy atom. The zero-order valence-electron chi connectivity index (χ0n) is 9.13. The smallest absolute Gasteiger partial charge is 0.158 e. The van der Waals surface area contributed by atoms with Crippen molar-refractivity contribution in [2.45, 2.75) is 32.4 Å². The maximum Gasteiger partial charge on any atom is 0.158 e. The average Bonchev–Trinajstić information content (AvgIpc) is 2.80. The highest BCUT2D eigenvalue weighted by Crippen LogP contribution is 2.27. The van der Waals surface area contributed by atoms with Crippen LogP contribution in [0.2, 0.25) is 0 Å². The maximum atomic E-state index is 11.4. The van der Waals surface area contributed by atoms with Gasteiger partial charge in [0.2, 0.25) is 0 Å². The van der Waals surface area contributed by atoms with Crippen molar-refractivity contribution in [3.05, 3.63) is 11.6 Å². The number of aromatic nitrogens is 3. The van der Waals surface area contributed by atoms with Crippen LogP contribution in [0.15, 0.2) is 0 Å². The van der Waals surface area contributed by atoms with Crippen molar-refractivity contribution in [2.75, 3.05) is 11.5 Å². The maximum absolute atomic E-state index is 11.4. The molecule has 1 aliphatic rings. The fourth-order valence-electron chi connectivity index (χ4n) is 2.11. The van der Waals surface area contributed by atoms with Crippen LogP contribution >= 0.6 is 0 Å². The molecule has 0 spiro atoms. The lowest BCUT2D eigenvalue weighted by Gasteiger charge is -2.09. The Bertz CT molecular complexity index is 480. The van der Waals surface area contributed by atoms with E-state index in [1.54, 1.807) is 4.57 Å². The number of nitrogens with zero attached hydrogens (tertiary/aromatic N) is 3. The molecule has 7 heteroatoms. The summed E-state index contributed by atoms with van der Waals surface area (Å²) in [5, 5.41) is 16.9. The molecule has 6 nitrogen and oxygen atoms in total. The van der Waals surface area contributed by atoms with Crippen molar-refractivity contribution in [1.82, 2.24) is 14.8 Å². The predicted octanol–water partition coefficient (Wildman–Crippen LogP) is -0.308. The van der Waals surface area contributed by atoms with Gasteiger partial charge in [-0.15, -0.1) is 10.2 Å². The number of hydrogen-bond donors (Lipinski definition) is 1. The van der Waals surface area contributed by atoms with Crippen LogP contribution in [0.25, 0.3) is 0 Å². The first-order valence-corrected chi connectivity index (χ1v) is 7.12. The third-order valence-electron chi connectivity index (χ3n) is 2.91. The summed E-state index contributed by atoms with van der Waals surface area (Å²) in [4.78, 5) is 0. The summed E-state index contributed by atoms with van der Waals surface area (Å²) in [6.07, 6.45) is 0.603. The van der Waals surface area contributed by atoms with Crippen molar-refractivity contribution in [3.63, 3.8) is 0 Å². The van der Waals surface area contributed by atoms with Gasteiger partial charge in [-0.1, -0.05) is 0 Å². The van der Waals surface area contributed by atoms with Crippen molar-refractivity contribution < 1.29 is 13.5 Å². The van der Waals surface area contributed by atoms with E-state index in [2.05, 4.69) is 10.2 Å². The van der Waals surface area contributed by atoms with Crippen LogP contribution in [0.1, 0.15) is 30.9 Å². The van der Waals surface area contributed by atoms with E-state index in [0.29, 0.717) is 24.6 Å². The van der Waals surface area contributed by atoms with Crippen LogP contribution < -0.4 is 0 Å². The number of aliphatic hydroxyl groups excluding tert-OH is 1. The molecule has 2 heterocycles. The summed E-state index contributed by atoms with van der Waals surface area (Å²) in [6.45, 7) is 2.41. The Labute approximate surface area is 94.2 Å². The summed E-state index contributed by atoms with van der Waals surface area (Å²) in [5.41, 5.74) is 0. The van der Waals surface area contributed by atoms with Crippen molar-refractivity contribution in [2.24, 2.45) is 0 Å². The topological polar surface area (TPSA) is 85.1 Å². The molecule has 1 fully saturated rings. The zero-order chi connectivity index (χ0) is 11.8. The summed E-state index contributed by atoms with van der Waals surface area (Å²) >= 11 is 0. The van der Waals surface area contributed by atoms with E-state index in [9.17, 15) is 8.42 Å². The van der Waals surface area contributed by atoms with Gasteiger partial charge < -0.3 is 9.67 Å². The molecule has 2 rings (SSSR count). The highest BCUT2D eigenvalue weighted by Gasteiger charge is 2.32. The van der Waals surface area contributed by atoms with Gasteiger partial charge in [0.1, 0.15) is 12.4 Å². The monoisotopic (exact) mass is 245 g/mol. The van der Waals surface area contributed by atoms with Crippen LogP contribution in [-0.2, 0) is 23.0 Å². The molecule has 1 aliphatic heterocycles. The van der Waals surface area contributed by atoms with Crippen LogP contribution in [0.4, 0.5) is 0 Å². The molecule has 1 aromatic rings. The molecule has 0 saturated carbocycles. The van der Waals surface area contributed by atoms with Gasteiger partial charge in [-0.05, 0) is 13.3 Å². The lowest BCUT2D eigenvalue weighted by Crippen LogP contribution is -2.12. The first-order valence-electron chi connectivity index (χ1n) is 5.30. The molecule has 0 amide bonds. The minimum atomic E-state index is -2.91. The Morgan fingerprint density at radius 1 is 1.50 bits per heavy atom. The SMILES string of the molecule is CCn1c(CO)nnc1C1CCS(=O)(=O)C1. The van der Waals surface area contributed by atoms with E-state index in [4.69, 9.17) is 5.11 Å². The minimum absolute atomic E-state index is 0.0715. The van der Waals surface area contributed by atoms with E-state index < -0.39 is 9.84 Å². The van der Waals surface area contributed by atoms with Crippen molar-refractivity contribution in [1.29, 1.82) is 0 Å². The molecule has 0 radical (unpaired) electrons. The molecule has 16 heavy (non-hydrogen) atoms. The largest absolute Gasteiger partial charge is 0.388 e. The molecule has 1 saturated heterocycles. The Kier molecular flexibility index (Phi) is 2.98. The predicted molar refractivity (Wildman–Crippen MR) is 57.6 cm³/mol. The molecule has 1 N–H and O–H groups in total. The van der Waals surface area contributed by atoms with E-state index in [-0.39, 0.29) is 24.0 Å². The number of aliphatic hydroxyl groups is 1. The van der Waals surface area contributed by atoms with E-state index in [1.807, 2.05) is 6.92 Å². The third kappa shape index (κ3) is 1.97. The van der Waals surface area contributed by atoms with E-state index in [1.165, 1.54) is 0 Å². The van der Waals surface area contributed by atoms with Gasteiger partial charge in [-0.25, -0.2) is 8.42 Å². The second-order valence-corrected chi connectivity index (χ2v) is 6.21. The molecule has 90 valence electrons. The van der Waals surface area contributed by atoms with Gasteiger partial charge in [-0.2, -0.15) is 0 Å². The summed E-state index contributed by atoms with van der Waals surface area (Å²) in [5.74, 6) is 1.49. The molecular formula is C9H15N3O3S. The normalized spacial score (nSPS) is 23.8. The van der Waals surface area contributed by atoms with Crippen LogP contribution in [0.3, 0.4) is 0 Å². The van der Waals surface area contributed by atoms with Crippen molar-refractivity contribution >= 4 is 9.84 Å². The van der Waals surface area contributed by atoms with E-state index >= 15 is 0 Å². The van der Waals surface area contributed by atoms with Crippen LogP contribution in [-0.4, -0.2) is 39.8 Å². The zero-order valence-corrected chi connectivity index (χ0v) is 9.94. The number of sulfone groups is 1. The van der Waals surface area contributed by atoms with Crippen LogP contribution in [0.5, 0.6) is 0 Å². The van der Waals surface area contributed by atoms with Crippen LogP contribution in [0, 0.1) is 0 Å². The standard InChI is InChI=1S/C9H15N3O3S/c1-2-12-8(5-13)10-11-9(12)7-3-4-16(14,15)6-7/h7,13H,2-6H2,1H3. The second-order valence-electron chi connectivity index (χ2n) is 3.98. The molecule has 0 bridgehead atoms. The summed E-state index contributed by atoms with van der Waals surface area (Å²) < 4.78 is 24.6. The van der Waals surface area contributed by atoms with Gasteiger partial charge in [0.25, 0.3) is 0 Å². The number of hydrogen-bond acceptors (Lipinski definition) is 5. The Hall–Kier alpha value is -0.950. The number of rotatable bonds is 3. The lowest BCUT2D eigenvalue weighted by atomic mass is 10.1. The molecule has 1 atom stereocenters. The highest BCUT2D eigenvalue weighted by atomic mass is 32.2. The van der Waals surface area contributed by atoms with E-state index in [0.717, 1.165) is 0 Å². The Morgan fingerprint density at radius 3 is 2.75 bits per heavy atom. The molecule has 1 unspecified atom stereocenters. The fourth-order valence-corrected chi connectivity index (χ4v) is 3.85. The first-order chi connectivity index (χ1) is 7.57. The van der Waals surface area contributed by atoms with Gasteiger partial charge >= 0.3 is 0 Å². The fraction of sp³-hybridized carbons (Fsp3) is 0.778. The molecule has 0 aromatic carbocycles. The Balaban J connectivity index is 2.31. The van der Waals surface area contributed by atoms with Crippen molar-refractivity contribution in [3.8, 4) is 0 Å². The molecule has 0 aliphatic carbocycles. The summed E-state index contributed by atoms with van der Waals surface area (Å²) in [7, 11) is -2.91. The lowest BCUT2D eigenvalue weighted by molar-refractivity contribution is 0.264.